The summed E-state index contributed by atoms with van der Waals surface area (Å²) in [5, 5.41) is 10.3. The van der Waals surface area contributed by atoms with Crippen LogP contribution in [0.3, 0.4) is 0 Å². The van der Waals surface area contributed by atoms with Crippen molar-refractivity contribution in [1.82, 2.24) is 4.90 Å². The lowest BCUT2D eigenvalue weighted by molar-refractivity contribution is 0.0738. The molecule has 1 aliphatic rings. The van der Waals surface area contributed by atoms with Gasteiger partial charge in [-0.25, -0.2) is 4.79 Å². The van der Waals surface area contributed by atoms with Gasteiger partial charge in [0, 0.05) is 18.8 Å². The molecule has 0 aromatic heterocycles. The second-order valence-electron chi connectivity index (χ2n) is 14.2. The van der Waals surface area contributed by atoms with Crippen molar-refractivity contribution in [2.75, 3.05) is 25.2 Å². The molecule has 1 N–H and O–H groups in total. The molecule has 1 aromatic rings. The first-order valence-corrected chi connectivity index (χ1v) is 20.5. The van der Waals surface area contributed by atoms with Crippen molar-refractivity contribution in [3.05, 3.63) is 42.1 Å². The van der Waals surface area contributed by atoms with Crippen LogP contribution >= 0.6 is 0 Å². The summed E-state index contributed by atoms with van der Waals surface area (Å²) >= 11 is 0. The summed E-state index contributed by atoms with van der Waals surface area (Å²) in [7, 11) is -2.94. The van der Waals surface area contributed by atoms with E-state index in [0.29, 0.717) is 24.5 Å². The molecule has 0 saturated carbocycles. The second kappa shape index (κ2) is 14.0. The highest BCUT2D eigenvalue weighted by atomic mass is 28.4. The third kappa shape index (κ3) is 7.75. The molecule has 1 atom stereocenters. The van der Waals surface area contributed by atoms with Crippen LogP contribution in [0, 0.1) is 0 Å². The number of nitrogens with zero attached hydrogens (tertiary/aromatic N) is 2. The van der Waals surface area contributed by atoms with Gasteiger partial charge in [-0.1, -0.05) is 74.0 Å². The highest BCUT2D eigenvalue weighted by Gasteiger charge is 2.48. The molecule has 10 heteroatoms. The molecular formula is C33H56N2O6Si2. The quantitative estimate of drug-likeness (QED) is 0.172. The van der Waals surface area contributed by atoms with Crippen LogP contribution < -0.4 is 14.1 Å². The Morgan fingerprint density at radius 3 is 2.09 bits per heavy atom. The number of amides is 2. The first-order valence-electron chi connectivity index (χ1n) is 15.4. The summed E-state index contributed by atoms with van der Waals surface area (Å²) in [4.78, 5) is 29.8. The van der Waals surface area contributed by atoms with Gasteiger partial charge >= 0.3 is 6.09 Å². The highest BCUT2D eigenvalue weighted by molar-refractivity contribution is 6.78. The SMILES string of the molecule is C=CCN(C(=O)O)c1cc(O[Si](C(C)C)(C(C)C)C(C)C)c(OC)cc1C(=O)N1C=C(C)CC1CO[Si](C)(C)C(C)(C)C. The molecule has 0 aliphatic carbocycles. The largest absolute Gasteiger partial charge is 0.540 e. The van der Waals surface area contributed by atoms with Gasteiger partial charge in [-0.2, -0.15) is 0 Å². The summed E-state index contributed by atoms with van der Waals surface area (Å²) in [5.74, 6) is 0.554. The minimum absolute atomic E-state index is 0.00920. The maximum atomic E-state index is 14.4. The van der Waals surface area contributed by atoms with Gasteiger partial charge in [0.15, 0.2) is 14.1 Å². The Morgan fingerprint density at radius 2 is 1.65 bits per heavy atom. The average molecular weight is 633 g/mol. The zero-order chi connectivity index (χ0) is 33.1. The van der Waals surface area contributed by atoms with Gasteiger partial charge < -0.3 is 23.6 Å². The number of anilines is 1. The van der Waals surface area contributed by atoms with Crippen LogP contribution in [0.4, 0.5) is 10.5 Å². The Balaban J connectivity index is 2.72. The number of carbonyl (C=O) groups is 2. The van der Waals surface area contributed by atoms with E-state index < -0.39 is 22.7 Å². The van der Waals surface area contributed by atoms with E-state index >= 15 is 0 Å². The average Bonchev–Trinajstić information content (AvgIpc) is 3.27. The first-order chi connectivity index (χ1) is 19.7. The molecule has 1 unspecified atom stereocenters. The van der Waals surface area contributed by atoms with Crippen molar-refractivity contribution in [3.63, 3.8) is 0 Å². The molecular weight excluding hydrogens is 577 g/mol. The van der Waals surface area contributed by atoms with Crippen LogP contribution in [-0.2, 0) is 4.43 Å². The van der Waals surface area contributed by atoms with E-state index in [1.54, 1.807) is 24.1 Å². The van der Waals surface area contributed by atoms with Gasteiger partial charge in [0.05, 0.1) is 31.0 Å². The molecule has 8 nitrogen and oxygen atoms in total. The predicted molar refractivity (Wildman–Crippen MR) is 182 cm³/mol. The van der Waals surface area contributed by atoms with Crippen LogP contribution in [0.25, 0.3) is 0 Å². The Bertz CT molecular complexity index is 1180. The van der Waals surface area contributed by atoms with Gasteiger partial charge in [-0.05, 0) is 54.2 Å². The molecule has 0 radical (unpaired) electrons. The molecule has 0 saturated heterocycles. The maximum absolute atomic E-state index is 14.4. The standard InChI is InChI=1S/C33H56N2O6Si2/c1-15-16-34(32(37)38)28-19-30(41-43(22(2)3,23(4)5)24(6)7)29(39-12)18-27(28)31(36)35-20-25(8)17-26(35)21-40-42(13,14)33(9,10)11/h15,18-20,22-24,26H,1,16-17,21H2,2-14H3,(H,37,38). The van der Waals surface area contributed by atoms with Gasteiger partial charge in [-0.3, -0.25) is 9.69 Å². The Morgan fingerprint density at radius 1 is 1.09 bits per heavy atom. The van der Waals surface area contributed by atoms with Crippen LogP contribution in [0.15, 0.2) is 36.6 Å². The molecule has 2 amide bonds. The zero-order valence-electron chi connectivity index (χ0n) is 28.8. The summed E-state index contributed by atoms with van der Waals surface area (Å²) in [6.07, 6.45) is 2.87. The first kappa shape index (κ1) is 36.6. The topological polar surface area (TPSA) is 88.5 Å². The van der Waals surface area contributed by atoms with Crippen molar-refractivity contribution in [3.8, 4) is 11.5 Å². The molecule has 43 heavy (non-hydrogen) atoms. The number of methoxy groups -OCH3 is 1. The smallest absolute Gasteiger partial charge is 0.412 e. The Hall–Kier alpha value is -2.57. The minimum Gasteiger partial charge on any atom is -0.540 e. The van der Waals surface area contributed by atoms with E-state index in [-0.39, 0.29) is 51.4 Å². The number of benzene rings is 1. The number of carbonyl (C=O) groups excluding carboxylic acids is 1. The summed E-state index contributed by atoms with van der Waals surface area (Å²) in [6.45, 7) is 30.3. The monoisotopic (exact) mass is 632 g/mol. The second-order valence-corrected chi connectivity index (χ2v) is 24.4. The fourth-order valence-corrected chi connectivity index (χ4v) is 12.3. The van der Waals surface area contributed by atoms with Crippen LogP contribution in [0.5, 0.6) is 11.5 Å². The van der Waals surface area contributed by atoms with Gasteiger partial charge in [0.25, 0.3) is 14.2 Å². The number of carboxylic acid groups (broad SMARTS) is 1. The maximum Gasteiger partial charge on any atom is 0.412 e. The third-order valence-electron chi connectivity index (χ3n) is 9.33. The van der Waals surface area contributed by atoms with E-state index in [1.807, 2.05) is 13.1 Å². The van der Waals surface area contributed by atoms with E-state index in [0.717, 1.165) is 10.5 Å². The number of hydrogen-bond acceptors (Lipinski definition) is 5. The zero-order valence-corrected chi connectivity index (χ0v) is 30.8. The lowest BCUT2D eigenvalue weighted by Crippen LogP contribution is -2.50. The van der Waals surface area contributed by atoms with Crippen molar-refractivity contribution in [2.45, 2.75) is 116 Å². The number of rotatable bonds is 13. The summed E-state index contributed by atoms with van der Waals surface area (Å²) in [6, 6.07) is 3.11. The minimum atomic E-state index is -2.44. The molecule has 1 aliphatic heterocycles. The molecule has 242 valence electrons. The predicted octanol–water partition coefficient (Wildman–Crippen LogP) is 9.06. The van der Waals surface area contributed by atoms with E-state index in [1.165, 1.54) is 6.08 Å². The molecule has 0 fully saturated rings. The van der Waals surface area contributed by atoms with Crippen molar-refractivity contribution in [1.29, 1.82) is 0 Å². The van der Waals surface area contributed by atoms with Gasteiger partial charge in [0.2, 0.25) is 0 Å². The number of ether oxygens (including phenoxy) is 1. The lowest BCUT2D eigenvalue weighted by atomic mass is 10.1. The van der Waals surface area contributed by atoms with Crippen molar-refractivity contribution < 1.29 is 28.3 Å². The molecule has 1 aromatic carbocycles. The van der Waals surface area contributed by atoms with E-state index in [4.69, 9.17) is 13.6 Å². The summed E-state index contributed by atoms with van der Waals surface area (Å²) in [5.41, 5.74) is 2.38. The van der Waals surface area contributed by atoms with Crippen LogP contribution in [-0.4, -0.2) is 64.9 Å². The Labute approximate surface area is 262 Å². The van der Waals surface area contributed by atoms with Crippen LogP contribution in [0.1, 0.15) is 86.0 Å². The molecule has 1 heterocycles. The summed E-state index contributed by atoms with van der Waals surface area (Å²) < 4.78 is 19.3. The lowest BCUT2D eigenvalue weighted by Gasteiger charge is -2.42. The molecule has 2 rings (SSSR count). The third-order valence-corrected chi connectivity index (χ3v) is 19.8. The van der Waals surface area contributed by atoms with E-state index in [9.17, 15) is 14.7 Å². The fraction of sp³-hybridized carbons (Fsp3) is 0.636. The van der Waals surface area contributed by atoms with Gasteiger partial charge in [0.1, 0.15) is 5.75 Å². The van der Waals surface area contributed by atoms with Crippen molar-refractivity contribution >= 4 is 34.3 Å². The highest BCUT2D eigenvalue weighted by Crippen LogP contribution is 2.47. The normalized spacial score (nSPS) is 16.1. The molecule has 0 bridgehead atoms. The van der Waals surface area contributed by atoms with Crippen LogP contribution in [0.2, 0.25) is 34.8 Å². The number of hydrogen-bond donors (Lipinski definition) is 1. The van der Waals surface area contributed by atoms with Gasteiger partial charge in [-0.15, -0.1) is 6.58 Å². The van der Waals surface area contributed by atoms with E-state index in [2.05, 4.69) is 82.0 Å². The van der Waals surface area contributed by atoms with Crippen molar-refractivity contribution in [2.24, 2.45) is 0 Å². The Kier molecular flexibility index (Phi) is 12.0. The fourth-order valence-electron chi connectivity index (χ4n) is 6.03. The molecule has 0 spiro atoms.